The molecule has 2 rings (SSSR count). The fourth-order valence-electron chi connectivity index (χ4n) is 1.23. The van der Waals surface area contributed by atoms with E-state index in [1.165, 1.54) is 0 Å². The van der Waals surface area contributed by atoms with E-state index >= 15 is 0 Å². The fraction of sp³-hybridized carbons (Fsp3) is 0.200. The summed E-state index contributed by atoms with van der Waals surface area (Å²) < 4.78 is 1.01. The molecule has 3 N–H and O–H groups in total. The van der Waals surface area contributed by atoms with Gasteiger partial charge in [0, 0.05) is 10.0 Å². The van der Waals surface area contributed by atoms with Crippen LogP contribution in [0.3, 0.4) is 0 Å². The molecule has 15 heavy (non-hydrogen) atoms. The normalized spacial score (nSPS) is 12.7. The largest absolute Gasteiger partial charge is 0.322 e. The standard InChI is InChI=1S/C10H11BrN4/c1-6(12)9-13-10(15-14-9)7-3-2-4-8(11)5-7/h2-6H,12H2,1H3,(H,13,14,15). The molecule has 5 heteroatoms. The lowest BCUT2D eigenvalue weighted by atomic mass is 10.2. The molecule has 78 valence electrons. The fourth-order valence-corrected chi connectivity index (χ4v) is 1.63. The summed E-state index contributed by atoms with van der Waals surface area (Å²) >= 11 is 3.40. The van der Waals surface area contributed by atoms with Gasteiger partial charge in [-0.2, -0.15) is 5.10 Å². The molecule has 1 heterocycles. The number of hydrogen-bond acceptors (Lipinski definition) is 3. The Morgan fingerprint density at radius 1 is 1.47 bits per heavy atom. The molecule has 1 unspecified atom stereocenters. The zero-order chi connectivity index (χ0) is 10.8. The van der Waals surface area contributed by atoms with Gasteiger partial charge in [-0.05, 0) is 19.1 Å². The molecule has 0 bridgehead atoms. The van der Waals surface area contributed by atoms with Gasteiger partial charge in [0.25, 0.3) is 0 Å². The minimum Gasteiger partial charge on any atom is -0.322 e. The lowest BCUT2D eigenvalue weighted by Crippen LogP contribution is -2.06. The quantitative estimate of drug-likeness (QED) is 0.876. The zero-order valence-corrected chi connectivity index (χ0v) is 9.82. The summed E-state index contributed by atoms with van der Waals surface area (Å²) in [7, 11) is 0. The first-order chi connectivity index (χ1) is 7.16. The summed E-state index contributed by atoms with van der Waals surface area (Å²) in [5, 5.41) is 6.93. The van der Waals surface area contributed by atoms with Crippen LogP contribution in [0.25, 0.3) is 11.4 Å². The Labute approximate surface area is 96.0 Å². The topological polar surface area (TPSA) is 67.6 Å². The van der Waals surface area contributed by atoms with Crippen molar-refractivity contribution in [2.24, 2.45) is 5.73 Å². The average Bonchev–Trinajstić information content (AvgIpc) is 2.66. The van der Waals surface area contributed by atoms with Crippen LogP contribution in [0.2, 0.25) is 0 Å². The van der Waals surface area contributed by atoms with E-state index in [4.69, 9.17) is 5.73 Å². The predicted molar refractivity (Wildman–Crippen MR) is 62.1 cm³/mol. The Bertz CT molecular complexity index is 464. The molecular weight excluding hydrogens is 256 g/mol. The third-order valence-corrected chi connectivity index (χ3v) is 2.51. The van der Waals surface area contributed by atoms with Gasteiger partial charge in [0.15, 0.2) is 5.82 Å². The summed E-state index contributed by atoms with van der Waals surface area (Å²) in [5.41, 5.74) is 6.66. The second kappa shape index (κ2) is 4.12. The first kappa shape index (κ1) is 10.3. The summed E-state index contributed by atoms with van der Waals surface area (Å²) in [6, 6.07) is 7.70. The summed E-state index contributed by atoms with van der Waals surface area (Å²) in [4.78, 5) is 4.31. The van der Waals surface area contributed by atoms with E-state index in [0.29, 0.717) is 11.6 Å². The Hall–Kier alpha value is -1.20. The van der Waals surface area contributed by atoms with Crippen LogP contribution in [0, 0.1) is 0 Å². The highest BCUT2D eigenvalue weighted by Crippen LogP contribution is 2.20. The van der Waals surface area contributed by atoms with Crippen LogP contribution in [0.4, 0.5) is 0 Å². The zero-order valence-electron chi connectivity index (χ0n) is 8.24. The number of nitrogens with two attached hydrogens (primary N) is 1. The molecule has 0 aliphatic carbocycles. The van der Waals surface area contributed by atoms with E-state index in [-0.39, 0.29) is 6.04 Å². The Balaban J connectivity index is 2.37. The molecule has 1 atom stereocenters. The van der Waals surface area contributed by atoms with Crippen LogP contribution in [-0.2, 0) is 0 Å². The smallest absolute Gasteiger partial charge is 0.181 e. The van der Waals surface area contributed by atoms with Gasteiger partial charge in [-0.25, -0.2) is 4.98 Å². The number of benzene rings is 1. The molecule has 0 radical (unpaired) electrons. The molecule has 0 amide bonds. The van der Waals surface area contributed by atoms with Crippen LogP contribution in [0.5, 0.6) is 0 Å². The number of nitrogens with zero attached hydrogens (tertiary/aromatic N) is 2. The van der Waals surface area contributed by atoms with Crippen molar-refractivity contribution in [3.8, 4) is 11.4 Å². The van der Waals surface area contributed by atoms with E-state index in [2.05, 4.69) is 31.1 Å². The first-order valence-electron chi connectivity index (χ1n) is 4.60. The lowest BCUT2D eigenvalue weighted by molar-refractivity contribution is 0.745. The number of nitrogens with one attached hydrogen (secondary N) is 1. The maximum absolute atomic E-state index is 5.69. The summed E-state index contributed by atoms with van der Waals surface area (Å²) in [6.45, 7) is 1.87. The molecule has 1 aromatic carbocycles. The van der Waals surface area contributed by atoms with E-state index in [0.717, 1.165) is 10.0 Å². The second-order valence-corrected chi connectivity index (χ2v) is 4.26. The van der Waals surface area contributed by atoms with Crippen LogP contribution < -0.4 is 5.73 Å². The third kappa shape index (κ3) is 2.24. The van der Waals surface area contributed by atoms with Crippen LogP contribution in [0.15, 0.2) is 28.7 Å². The molecule has 4 nitrogen and oxygen atoms in total. The van der Waals surface area contributed by atoms with Crippen molar-refractivity contribution in [2.75, 3.05) is 0 Å². The van der Waals surface area contributed by atoms with Gasteiger partial charge in [0.2, 0.25) is 0 Å². The minimum absolute atomic E-state index is 0.126. The van der Waals surface area contributed by atoms with Gasteiger partial charge < -0.3 is 5.73 Å². The third-order valence-electron chi connectivity index (χ3n) is 2.02. The van der Waals surface area contributed by atoms with Crippen molar-refractivity contribution in [1.82, 2.24) is 15.2 Å². The molecule has 1 aromatic heterocycles. The Morgan fingerprint density at radius 2 is 2.27 bits per heavy atom. The number of hydrogen-bond donors (Lipinski definition) is 2. The lowest BCUT2D eigenvalue weighted by Gasteiger charge is -1.97. The molecule has 0 aliphatic heterocycles. The SMILES string of the molecule is CC(N)c1nc(-c2cccc(Br)c2)n[nH]1. The maximum Gasteiger partial charge on any atom is 0.181 e. The highest BCUT2D eigenvalue weighted by molar-refractivity contribution is 9.10. The van der Waals surface area contributed by atoms with E-state index in [9.17, 15) is 0 Å². The second-order valence-electron chi connectivity index (χ2n) is 3.34. The Kier molecular flexibility index (Phi) is 2.83. The van der Waals surface area contributed by atoms with Crippen LogP contribution >= 0.6 is 15.9 Å². The number of aromatic amines is 1. The molecule has 0 aliphatic rings. The van der Waals surface area contributed by atoms with E-state index < -0.39 is 0 Å². The molecule has 0 fully saturated rings. The van der Waals surface area contributed by atoms with Crippen LogP contribution in [-0.4, -0.2) is 15.2 Å². The van der Waals surface area contributed by atoms with Crippen molar-refractivity contribution in [3.63, 3.8) is 0 Å². The van der Waals surface area contributed by atoms with Crippen molar-refractivity contribution >= 4 is 15.9 Å². The highest BCUT2D eigenvalue weighted by atomic mass is 79.9. The van der Waals surface area contributed by atoms with Crippen molar-refractivity contribution in [2.45, 2.75) is 13.0 Å². The maximum atomic E-state index is 5.69. The van der Waals surface area contributed by atoms with Crippen molar-refractivity contribution in [3.05, 3.63) is 34.6 Å². The molecule has 0 saturated carbocycles. The van der Waals surface area contributed by atoms with Gasteiger partial charge in [-0.1, -0.05) is 28.1 Å². The van der Waals surface area contributed by atoms with Gasteiger partial charge >= 0.3 is 0 Å². The van der Waals surface area contributed by atoms with Gasteiger partial charge in [0.1, 0.15) is 5.82 Å². The highest BCUT2D eigenvalue weighted by Gasteiger charge is 2.08. The molecule has 0 spiro atoms. The molecular formula is C10H11BrN4. The number of halogens is 1. The predicted octanol–water partition coefficient (Wildman–Crippen LogP) is 2.25. The van der Waals surface area contributed by atoms with Crippen molar-refractivity contribution < 1.29 is 0 Å². The monoisotopic (exact) mass is 266 g/mol. The van der Waals surface area contributed by atoms with Crippen LogP contribution in [0.1, 0.15) is 18.8 Å². The summed E-state index contributed by atoms with van der Waals surface area (Å²) in [6.07, 6.45) is 0. The first-order valence-corrected chi connectivity index (χ1v) is 5.40. The minimum atomic E-state index is -0.126. The Morgan fingerprint density at radius 3 is 2.87 bits per heavy atom. The molecule has 2 aromatic rings. The van der Waals surface area contributed by atoms with Gasteiger partial charge in [-0.15, -0.1) is 0 Å². The van der Waals surface area contributed by atoms with E-state index in [1.54, 1.807) is 0 Å². The number of rotatable bonds is 2. The van der Waals surface area contributed by atoms with Gasteiger partial charge in [0.05, 0.1) is 6.04 Å². The van der Waals surface area contributed by atoms with Crippen molar-refractivity contribution in [1.29, 1.82) is 0 Å². The summed E-state index contributed by atoms with van der Waals surface area (Å²) in [5.74, 6) is 1.37. The average molecular weight is 267 g/mol. The molecule has 0 saturated heterocycles. The number of H-pyrrole nitrogens is 1. The number of aromatic nitrogens is 3. The van der Waals surface area contributed by atoms with Gasteiger partial charge in [-0.3, -0.25) is 5.10 Å². The van der Waals surface area contributed by atoms with E-state index in [1.807, 2.05) is 31.2 Å².